The van der Waals surface area contributed by atoms with E-state index in [-0.39, 0.29) is 5.41 Å². The van der Waals surface area contributed by atoms with Crippen molar-refractivity contribution in [2.75, 3.05) is 26.2 Å². The number of nitrogens with zero attached hydrogens (tertiary/aromatic N) is 2. The van der Waals surface area contributed by atoms with Gasteiger partial charge in [-0.2, -0.15) is 0 Å². The molecule has 22 heavy (non-hydrogen) atoms. The lowest BCUT2D eigenvalue weighted by Crippen LogP contribution is -2.48. The standard InChI is InChI=1S/C18H28N2O2/c1-13-8-15(9-13)17(22)19-6-4-18(5-7-19)10-16(21)20(12-18)11-14-2-3-14/h13-15H,2-12H2,1H3. The zero-order chi connectivity index (χ0) is 15.3. The van der Waals surface area contributed by atoms with E-state index < -0.39 is 0 Å². The third kappa shape index (κ3) is 2.65. The Morgan fingerprint density at radius 2 is 1.91 bits per heavy atom. The van der Waals surface area contributed by atoms with Crippen molar-refractivity contribution in [3.63, 3.8) is 0 Å². The maximum Gasteiger partial charge on any atom is 0.225 e. The van der Waals surface area contributed by atoms with Crippen LogP contribution in [0.15, 0.2) is 0 Å². The Hall–Kier alpha value is -1.06. The molecule has 0 unspecified atom stereocenters. The van der Waals surface area contributed by atoms with E-state index in [9.17, 15) is 9.59 Å². The van der Waals surface area contributed by atoms with Crippen LogP contribution < -0.4 is 0 Å². The van der Waals surface area contributed by atoms with Crippen molar-refractivity contribution in [1.29, 1.82) is 0 Å². The summed E-state index contributed by atoms with van der Waals surface area (Å²) in [6.07, 6.45) is 7.53. The van der Waals surface area contributed by atoms with Gasteiger partial charge < -0.3 is 9.80 Å². The van der Waals surface area contributed by atoms with Crippen LogP contribution in [0.5, 0.6) is 0 Å². The molecule has 4 fully saturated rings. The van der Waals surface area contributed by atoms with Gasteiger partial charge in [0.25, 0.3) is 0 Å². The maximum absolute atomic E-state index is 12.5. The van der Waals surface area contributed by atoms with Crippen molar-refractivity contribution < 1.29 is 9.59 Å². The summed E-state index contributed by atoms with van der Waals surface area (Å²) >= 11 is 0. The van der Waals surface area contributed by atoms with E-state index in [1.165, 1.54) is 12.8 Å². The van der Waals surface area contributed by atoms with Crippen molar-refractivity contribution in [3.05, 3.63) is 0 Å². The number of carbonyl (C=O) groups excluding carboxylic acids is 2. The smallest absolute Gasteiger partial charge is 0.225 e. The third-order valence-electron chi connectivity index (χ3n) is 6.44. The molecule has 0 aromatic rings. The molecule has 4 nitrogen and oxygen atoms in total. The molecule has 4 rings (SSSR count). The van der Waals surface area contributed by atoms with Gasteiger partial charge in [0, 0.05) is 43.9 Å². The summed E-state index contributed by atoms with van der Waals surface area (Å²) < 4.78 is 0. The molecule has 2 saturated heterocycles. The van der Waals surface area contributed by atoms with Crippen molar-refractivity contribution in [2.24, 2.45) is 23.2 Å². The Kier molecular flexibility index (Phi) is 3.46. The SMILES string of the molecule is CC1CC(C(=O)N2CCC3(CC2)CC(=O)N(CC2CC2)C3)C1. The minimum Gasteiger partial charge on any atom is -0.342 e. The molecular formula is C18H28N2O2. The van der Waals surface area contributed by atoms with E-state index in [4.69, 9.17) is 0 Å². The monoisotopic (exact) mass is 304 g/mol. The minimum atomic E-state index is 0.176. The summed E-state index contributed by atoms with van der Waals surface area (Å²) in [5, 5.41) is 0. The van der Waals surface area contributed by atoms with Crippen molar-refractivity contribution >= 4 is 11.8 Å². The molecule has 2 aliphatic heterocycles. The molecular weight excluding hydrogens is 276 g/mol. The van der Waals surface area contributed by atoms with E-state index in [2.05, 4.69) is 16.7 Å². The first kappa shape index (κ1) is 14.5. The quantitative estimate of drug-likeness (QED) is 0.802. The average molecular weight is 304 g/mol. The second kappa shape index (κ2) is 5.24. The van der Waals surface area contributed by atoms with Gasteiger partial charge in [0.2, 0.25) is 11.8 Å². The summed E-state index contributed by atoms with van der Waals surface area (Å²) in [5.74, 6) is 2.54. The number of amides is 2. The first-order chi connectivity index (χ1) is 10.5. The topological polar surface area (TPSA) is 40.6 Å². The van der Waals surface area contributed by atoms with Crippen LogP contribution >= 0.6 is 0 Å². The summed E-state index contributed by atoms with van der Waals surface area (Å²) in [6, 6.07) is 0. The van der Waals surface area contributed by atoms with Crippen LogP contribution in [0.25, 0.3) is 0 Å². The zero-order valence-corrected chi connectivity index (χ0v) is 13.7. The van der Waals surface area contributed by atoms with Crippen LogP contribution in [0.2, 0.25) is 0 Å². The second-order valence-corrected chi connectivity index (χ2v) is 8.49. The molecule has 0 N–H and O–H groups in total. The van der Waals surface area contributed by atoms with E-state index >= 15 is 0 Å². The van der Waals surface area contributed by atoms with Gasteiger partial charge in [-0.05, 0) is 50.4 Å². The molecule has 0 aromatic heterocycles. The highest BCUT2D eigenvalue weighted by molar-refractivity contribution is 5.81. The van der Waals surface area contributed by atoms with Gasteiger partial charge in [0.1, 0.15) is 0 Å². The van der Waals surface area contributed by atoms with Gasteiger partial charge in [0.05, 0.1) is 0 Å². The molecule has 0 atom stereocenters. The Morgan fingerprint density at radius 1 is 1.23 bits per heavy atom. The summed E-state index contributed by atoms with van der Waals surface area (Å²) in [4.78, 5) is 28.9. The van der Waals surface area contributed by atoms with Gasteiger partial charge in [-0.15, -0.1) is 0 Å². The average Bonchev–Trinajstić information content (AvgIpc) is 3.22. The summed E-state index contributed by atoms with van der Waals surface area (Å²) in [5.41, 5.74) is 0.176. The molecule has 2 aliphatic carbocycles. The predicted molar refractivity (Wildman–Crippen MR) is 84.1 cm³/mol. The molecule has 4 heteroatoms. The van der Waals surface area contributed by atoms with Crippen LogP contribution in [-0.2, 0) is 9.59 Å². The number of hydrogen-bond donors (Lipinski definition) is 0. The molecule has 0 bridgehead atoms. The molecule has 122 valence electrons. The van der Waals surface area contributed by atoms with E-state index in [0.29, 0.717) is 17.7 Å². The normalized spacial score (nSPS) is 34.1. The van der Waals surface area contributed by atoms with Crippen LogP contribution in [0.1, 0.15) is 51.9 Å². The molecule has 0 radical (unpaired) electrons. The molecule has 4 aliphatic rings. The first-order valence-electron chi connectivity index (χ1n) is 9.11. The van der Waals surface area contributed by atoms with Crippen LogP contribution in [0.4, 0.5) is 0 Å². The lowest BCUT2D eigenvalue weighted by Gasteiger charge is -2.42. The fraction of sp³-hybridized carbons (Fsp3) is 0.889. The predicted octanol–water partition coefficient (Wildman–Crippen LogP) is 2.28. The first-order valence-corrected chi connectivity index (χ1v) is 9.11. The van der Waals surface area contributed by atoms with Crippen LogP contribution in [0.3, 0.4) is 0 Å². The van der Waals surface area contributed by atoms with Gasteiger partial charge in [-0.3, -0.25) is 9.59 Å². The number of carbonyl (C=O) groups is 2. The molecule has 2 saturated carbocycles. The van der Waals surface area contributed by atoms with E-state index in [0.717, 1.165) is 70.1 Å². The van der Waals surface area contributed by atoms with E-state index in [1.54, 1.807) is 0 Å². The Bertz CT molecular complexity index is 471. The highest BCUT2D eigenvalue weighted by atomic mass is 16.2. The van der Waals surface area contributed by atoms with Gasteiger partial charge in [0.15, 0.2) is 0 Å². The van der Waals surface area contributed by atoms with Crippen LogP contribution in [-0.4, -0.2) is 47.8 Å². The van der Waals surface area contributed by atoms with Crippen LogP contribution in [0, 0.1) is 23.2 Å². The van der Waals surface area contributed by atoms with Crippen molar-refractivity contribution in [3.8, 4) is 0 Å². The molecule has 2 amide bonds. The maximum atomic E-state index is 12.5. The van der Waals surface area contributed by atoms with Gasteiger partial charge in [-0.1, -0.05) is 6.92 Å². The minimum absolute atomic E-state index is 0.176. The van der Waals surface area contributed by atoms with E-state index in [1.807, 2.05) is 0 Å². The largest absolute Gasteiger partial charge is 0.342 e. The molecule has 0 aromatic carbocycles. The number of piperidine rings is 1. The fourth-order valence-electron chi connectivity index (χ4n) is 4.66. The molecule has 2 heterocycles. The summed E-state index contributed by atoms with van der Waals surface area (Å²) in [6.45, 7) is 5.91. The third-order valence-corrected chi connectivity index (χ3v) is 6.44. The fourth-order valence-corrected chi connectivity index (χ4v) is 4.66. The summed E-state index contributed by atoms with van der Waals surface area (Å²) in [7, 11) is 0. The Balaban J connectivity index is 1.31. The number of likely N-dealkylation sites (tertiary alicyclic amines) is 2. The lowest BCUT2D eigenvalue weighted by atomic mass is 9.74. The lowest BCUT2D eigenvalue weighted by molar-refractivity contribution is -0.142. The second-order valence-electron chi connectivity index (χ2n) is 8.49. The highest BCUT2D eigenvalue weighted by Crippen LogP contribution is 2.43. The Morgan fingerprint density at radius 3 is 2.50 bits per heavy atom. The Labute approximate surface area is 133 Å². The van der Waals surface area contributed by atoms with Gasteiger partial charge in [-0.25, -0.2) is 0 Å². The highest BCUT2D eigenvalue weighted by Gasteiger charge is 2.47. The van der Waals surface area contributed by atoms with Crippen molar-refractivity contribution in [2.45, 2.75) is 51.9 Å². The van der Waals surface area contributed by atoms with Crippen molar-refractivity contribution in [1.82, 2.24) is 9.80 Å². The van der Waals surface area contributed by atoms with Gasteiger partial charge >= 0.3 is 0 Å². The molecule has 1 spiro atoms. The zero-order valence-electron chi connectivity index (χ0n) is 13.7. The number of rotatable bonds is 3. The number of hydrogen-bond acceptors (Lipinski definition) is 2.